The van der Waals surface area contributed by atoms with E-state index in [4.69, 9.17) is 23.7 Å². The predicted octanol–water partition coefficient (Wildman–Crippen LogP) is 17.5. The molecule has 1 fully saturated rings. The van der Waals surface area contributed by atoms with Crippen LogP contribution >= 0.6 is 0 Å². The molecule has 0 spiro atoms. The highest BCUT2D eigenvalue weighted by Crippen LogP contribution is 2.27. The van der Waals surface area contributed by atoms with Gasteiger partial charge in [0.05, 0.1) is 6.61 Å². The molecule has 1 aliphatic rings. The molecule has 0 aromatic carbocycles. The number of aliphatic carboxylic acids is 1. The van der Waals surface area contributed by atoms with Crippen molar-refractivity contribution in [2.45, 2.75) is 314 Å². The molecule has 0 aromatic heterocycles. The minimum absolute atomic E-state index is 0.0512. The van der Waals surface area contributed by atoms with Crippen molar-refractivity contribution in [3.63, 3.8) is 0 Å². The molecule has 0 saturated carbocycles. The summed E-state index contributed by atoms with van der Waals surface area (Å²) in [4.78, 5) is 51.3. The molecule has 464 valence electrons. The Hall–Kier alpha value is -4.10. The maximum atomic E-state index is 13.2. The zero-order valence-corrected chi connectivity index (χ0v) is 51.3. The molecule has 0 aliphatic carbocycles. The highest BCUT2D eigenvalue weighted by molar-refractivity contribution is 5.74. The molecule has 1 heterocycles. The summed E-state index contributed by atoms with van der Waals surface area (Å²) in [5.41, 5.74) is 0. The Morgan fingerprint density at radius 3 is 1.23 bits per heavy atom. The zero-order chi connectivity index (χ0) is 58.9. The Labute approximate surface area is 492 Å². The molecular formula is C69H116O12. The summed E-state index contributed by atoms with van der Waals surface area (Å²) in [5.74, 6) is -3.17. The van der Waals surface area contributed by atoms with Crippen LogP contribution in [0, 0.1) is 0 Å². The van der Waals surface area contributed by atoms with Crippen LogP contribution in [0.15, 0.2) is 85.1 Å². The van der Waals surface area contributed by atoms with Crippen molar-refractivity contribution in [3.8, 4) is 0 Å². The molecule has 3 N–H and O–H groups in total. The number of hydrogen-bond acceptors (Lipinski definition) is 11. The molecule has 81 heavy (non-hydrogen) atoms. The summed E-state index contributed by atoms with van der Waals surface area (Å²) < 4.78 is 28.5. The van der Waals surface area contributed by atoms with Gasteiger partial charge in [0.15, 0.2) is 24.6 Å². The number of hydrogen-bond donors (Lipinski definition) is 3. The van der Waals surface area contributed by atoms with Crippen LogP contribution in [0.3, 0.4) is 0 Å². The van der Waals surface area contributed by atoms with Gasteiger partial charge in [-0.1, -0.05) is 228 Å². The number of aliphatic hydroxyl groups is 2. The van der Waals surface area contributed by atoms with Crippen molar-refractivity contribution in [1.82, 2.24) is 0 Å². The minimum Gasteiger partial charge on any atom is -0.479 e. The van der Waals surface area contributed by atoms with Crippen molar-refractivity contribution in [3.05, 3.63) is 85.1 Å². The average molecular weight is 1140 g/mol. The van der Waals surface area contributed by atoms with E-state index in [1.807, 2.05) is 0 Å². The van der Waals surface area contributed by atoms with E-state index in [1.165, 1.54) is 96.3 Å². The lowest BCUT2D eigenvalue weighted by Gasteiger charge is -2.40. The van der Waals surface area contributed by atoms with Crippen LogP contribution in [0.1, 0.15) is 278 Å². The Bertz CT molecular complexity index is 1730. The van der Waals surface area contributed by atoms with Crippen LogP contribution in [0.5, 0.6) is 0 Å². The Morgan fingerprint density at radius 2 is 0.778 bits per heavy atom. The number of aliphatic hydroxyl groups excluding tert-OH is 2. The number of carboxylic acid groups (broad SMARTS) is 1. The van der Waals surface area contributed by atoms with Gasteiger partial charge in [0.2, 0.25) is 0 Å². The van der Waals surface area contributed by atoms with E-state index in [1.54, 1.807) is 0 Å². The van der Waals surface area contributed by atoms with Gasteiger partial charge in [-0.05, 0) is 116 Å². The SMILES string of the molecule is CC/C=C\C/C=C\C/C=C\CCCCCC(=O)OC(COC(=O)CCCCCCCC/C=C\C/C=C\C/C=C\CCCCC)COC1OC(C(=O)O)C(O)C(O)C1OC(=O)CCCCCCCCCCC/C=C\CCCCCCCC. The maximum absolute atomic E-state index is 13.2. The highest BCUT2D eigenvalue weighted by Gasteiger charge is 2.50. The van der Waals surface area contributed by atoms with Crippen LogP contribution in [0.25, 0.3) is 0 Å². The summed E-state index contributed by atoms with van der Waals surface area (Å²) in [6.45, 7) is 5.83. The van der Waals surface area contributed by atoms with E-state index in [-0.39, 0.29) is 25.9 Å². The topological polar surface area (TPSA) is 175 Å². The number of esters is 3. The number of carboxylic acids is 1. The van der Waals surface area contributed by atoms with Crippen LogP contribution in [0.2, 0.25) is 0 Å². The molecule has 0 amide bonds. The quantitative estimate of drug-likeness (QED) is 0.0228. The number of unbranched alkanes of at least 4 members (excludes halogenated alkanes) is 27. The molecule has 0 bridgehead atoms. The monoisotopic (exact) mass is 1140 g/mol. The fourth-order valence-electron chi connectivity index (χ4n) is 9.44. The predicted molar refractivity (Wildman–Crippen MR) is 331 cm³/mol. The molecular weight excluding hydrogens is 1020 g/mol. The van der Waals surface area contributed by atoms with Gasteiger partial charge in [-0.25, -0.2) is 4.79 Å². The molecule has 1 rings (SSSR count). The van der Waals surface area contributed by atoms with Crippen molar-refractivity contribution in [2.24, 2.45) is 0 Å². The van der Waals surface area contributed by atoms with Gasteiger partial charge < -0.3 is 39.0 Å². The Balaban J connectivity index is 2.65. The van der Waals surface area contributed by atoms with Gasteiger partial charge in [0.1, 0.15) is 18.8 Å². The summed E-state index contributed by atoms with van der Waals surface area (Å²) in [6, 6.07) is 0. The average Bonchev–Trinajstić information content (AvgIpc) is 3.54. The Morgan fingerprint density at radius 1 is 0.420 bits per heavy atom. The minimum atomic E-state index is -1.91. The van der Waals surface area contributed by atoms with Gasteiger partial charge in [0.25, 0.3) is 0 Å². The summed E-state index contributed by atoms with van der Waals surface area (Å²) in [6.07, 6.45) is 61.2. The third kappa shape index (κ3) is 46.0. The summed E-state index contributed by atoms with van der Waals surface area (Å²) >= 11 is 0. The normalized spacial score (nSPS) is 18.3. The number of carbonyl (C=O) groups excluding carboxylic acids is 3. The van der Waals surface area contributed by atoms with Crippen molar-refractivity contribution < 1.29 is 58.2 Å². The van der Waals surface area contributed by atoms with Gasteiger partial charge in [0, 0.05) is 19.3 Å². The highest BCUT2D eigenvalue weighted by atomic mass is 16.7. The summed E-state index contributed by atoms with van der Waals surface area (Å²) in [7, 11) is 0. The molecule has 6 unspecified atom stereocenters. The van der Waals surface area contributed by atoms with Crippen molar-refractivity contribution >= 4 is 23.9 Å². The number of carbonyl (C=O) groups is 4. The molecule has 1 saturated heterocycles. The second-order valence-electron chi connectivity index (χ2n) is 22.0. The first-order valence-corrected chi connectivity index (χ1v) is 32.6. The second kappa shape index (κ2) is 56.4. The number of rotatable bonds is 55. The molecule has 6 atom stereocenters. The van der Waals surface area contributed by atoms with Crippen LogP contribution in [-0.2, 0) is 42.9 Å². The lowest BCUT2D eigenvalue weighted by Crippen LogP contribution is -2.61. The molecule has 12 heteroatoms. The molecule has 0 radical (unpaired) electrons. The summed E-state index contributed by atoms with van der Waals surface area (Å²) in [5, 5.41) is 31.6. The van der Waals surface area contributed by atoms with Gasteiger partial charge in [-0.2, -0.15) is 0 Å². The van der Waals surface area contributed by atoms with E-state index >= 15 is 0 Å². The van der Waals surface area contributed by atoms with Gasteiger partial charge in [-0.15, -0.1) is 0 Å². The first kappa shape index (κ1) is 74.9. The van der Waals surface area contributed by atoms with Gasteiger partial charge >= 0.3 is 23.9 Å². The first-order valence-electron chi connectivity index (χ1n) is 32.6. The maximum Gasteiger partial charge on any atom is 0.335 e. The smallest absolute Gasteiger partial charge is 0.335 e. The number of ether oxygens (including phenoxy) is 5. The third-order valence-corrected chi connectivity index (χ3v) is 14.4. The second-order valence-corrected chi connectivity index (χ2v) is 22.0. The lowest BCUT2D eigenvalue weighted by atomic mass is 9.98. The van der Waals surface area contributed by atoms with Crippen molar-refractivity contribution in [2.75, 3.05) is 13.2 Å². The molecule has 1 aliphatic heterocycles. The molecule has 12 nitrogen and oxygen atoms in total. The molecule has 0 aromatic rings. The Kier molecular flexibility index (Phi) is 52.1. The van der Waals surface area contributed by atoms with Crippen molar-refractivity contribution in [1.29, 1.82) is 0 Å². The van der Waals surface area contributed by atoms with E-state index in [0.29, 0.717) is 19.3 Å². The van der Waals surface area contributed by atoms with Crippen LogP contribution in [-0.4, -0.2) is 89.2 Å². The van der Waals surface area contributed by atoms with E-state index in [0.717, 1.165) is 122 Å². The van der Waals surface area contributed by atoms with Crippen LogP contribution < -0.4 is 0 Å². The fraction of sp³-hybridized carbons (Fsp3) is 0.739. The standard InChI is InChI=1S/C69H116O12/c1-4-7-10-13-16-19-22-25-27-29-31-33-35-38-40-43-46-49-52-55-61(70)77-58-60(79-62(71)56-53-50-47-44-41-37-24-21-18-15-12-9-6-3)59-78-69-67(65(74)64(73)66(81-69)68(75)76)80-63(72)57-54-51-48-45-42-39-36-34-32-30-28-26-23-20-17-14-11-8-5-2/h9,12,16,18-19,21,25-28,31,33,37,41,60,64-67,69,73-74H,4-8,10-11,13-15,17,20,22-24,29-30,32,34-36,38-40,42-59H2,1-3H3,(H,75,76)/b12-9-,19-16-,21-18-,27-25-,28-26-,33-31-,41-37-. The van der Waals surface area contributed by atoms with E-state index < -0.39 is 67.3 Å². The third-order valence-electron chi connectivity index (χ3n) is 14.4. The first-order chi connectivity index (χ1) is 39.6. The fourth-order valence-corrected chi connectivity index (χ4v) is 9.44. The lowest BCUT2D eigenvalue weighted by molar-refractivity contribution is -0.301. The van der Waals surface area contributed by atoms with E-state index in [2.05, 4.69) is 106 Å². The van der Waals surface area contributed by atoms with Crippen LogP contribution in [0.4, 0.5) is 0 Å². The zero-order valence-electron chi connectivity index (χ0n) is 51.3. The number of allylic oxidation sites excluding steroid dienone is 14. The largest absolute Gasteiger partial charge is 0.479 e. The van der Waals surface area contributed by atoms with E-state index in [9.17, 15) is 34.5 Å². The van der Waals surface area contributed by atoms with Gasteiger partial charge in [-0.3, -0.25) is 14.4 Å².